The molecular weight excluding hydrogens is 1030 g/mol. The Hall–Kier alpha value is -2.03. The topological polar surface area (TPSA) is 265 Å². The van der Waals surface area contributed by atoms with Crippen molar-refractivity contribution in [2.24, 2.45) is 5.73 Å². The first-order valence-electron chi connectivity index (χ1n) is 27.1. The minimum Gasteiger partial charge on any atom is -0.444 e. The zero-order valence-electron chi connectivity index (χ0n) is 47.6. The second-order valence-corrected chi connectivity index (χ2v) is 18.7. The van der Waals surface area contributed by atoms with E-state index < -0.39 is 23.4 Å². The summed E-state index contributed by atoms with van der Waals surface area (Å²) in [4.78, 5) is 33.4. The third-order valence-electron chi connectivity index (χ3n) is 8.83. The average molecular weight is 1140 g/mol. The SMILES string of the molecule is CC(C)(C)OC(=O)NCCOCCOCCO.CCCCCCCCCCCCCCOCCOCCOCCNC(=O)OC(C)(C)C.CCOCCOCCOCCNC(=O)CBr.NCCOCCOCCO. The summed E-state index contributed by atoms with van der Waals surface area (Å²) in [5.41, 5.74) is 4.20. The van der Waals surface area contributed by atoms with Gasteiger partial charge in [-0.2, -0.15) is 0 Å². The maximum atomic E-state index is 11.4. The van der Waals surface area contributed by atoms with Gasteiger partial charge in [-0.3, -0.25) is 4.79 Å². The number of nitrogens with two attached hydrogens (primary N) is 1. The van der Waals surface area contributed by atoms with Gasteiger partial charge in [-0.25, -0.2) is 9.59 Å². The fourth-order valence-corrected chi connectivity index (χ4v) is 5.61. The lowest BCUT2D eigenvalue weighted by Crippen LogP contribution is -2.34. The van der Waals surface area contributed by atoms with Gasteiger partial charge in [0.15, 0.2) is 0 Å². The van der Waals surface area contributed by atoms with Crippen LogP contribution in [0.4, 0.5) is 9.59 Å². The fraction of sp³-hybridized carbons (Fsp3) is 0.942. The Morgan fingerprint density at radius 1 is 0.405 bits per heavy atom. The van der Waals surface area contributed by atoms with Gasteiger partial charge in [-0.05, 0) is 54.9 Å². The molecule has 0 aromatic carbocycles. The zero-order chi connectivity index (χ0) is 55.9. The monoisotopic (exact) mass is 1140 g/mol. The van der Waals surface area contributed by atoms with Crippen LogP contribution < -0.4 is 21.7 Å². The maximum Gasteiger partial charge on any atom is 0.407 e. The van der Waals surface area contributed by atoms with Crippen molar-refractivity contribution < 1.29 is 81.4 Å². The minimum atomic E-state index is -0.483. The number of ether oxygens (including phenoxy) is 12. The highest BCUT2D eigenvalue weighted by atomic mass is 79.9. The molecule has 74 heavy (non-hydrogen) atoms. The summed E-state index contributed by atoms with van der Waals surface area (Å²) in [6.45, 7) is 27.8. The van der Waals surface area contributed by atoms with E-state index in [-0.39, 0.29) is 19.1 Å². The van der Waals surface area contributed by atoms with Gasteiger partial charge >= 0.3 is 12.2 Å². The number of carbonyl (C=O) groups excluding carboxylic acids is 3. The van der Waals surface area contributed by atoms with Crippen LogP contribution in [-0.2, 0) is 61.6 Å². The van der Waals surface area contributed by atoms with Crippen molar-refractivity contribution in [3.63, 3.8) is 0 Å². The molecule has 0 saturated heterocycles. The Balaban J connectivity index is -0.000000482. The van der Waals surface area contributed by atoms with Crippen LogP contribution in [0.3, 0.4) is 0 Å². The van der Waals surface area contributed by atoms with E-state index >= 15 is 0 Å². The smallest absolute Gasteiger partial charge is 0.407 e. The predicted molar refractivity (Wildman–Crippen MR) is 293 cm³/mol. The van der Waals surface area contributed by atoms with Crippen molar-refractivity contribution in [2.75, 3.05) is 177 Å². The van der Waals surface area contributed by atoms with E-state index in [2.05, 4.69) is 38.8 Å². The number of carbonyl (C=O) groups is 3. The number of hydrogen-bond acceptors (Lipinski definition) is 18. The van der Waals surface area contributed by atoms with Crippen molar-refractivity contribution in [2.45, 2.75) is 144 Å². The lowest BCUT2D eigenvalue weighted by molar-refractivity contribution is -0.118. The Morgan fingerprint density at radius 2 is 0.703 bits per heavy atom. The van der Waals surface area contributed by atoms with E-state index in [4.69, 9.17) is 72.8 Å². The minimum absolute atomic E-state index is 0.0141. The van der Waals surface area contributed by atoms with E-state index in [1.165, 1.54) is 70.6 Å². The molecule has 0 fully saturated rings. The van der Waals surface area contributed by atoms with Gasteiger partial charge in [0, 0.05) is 39.4 Å². The molecule has 0 heterocycles. The standard InChI is InChI=1S/C25H51NO5.C11H23NO5.C10H20BrNO4.C6H15NO3/c1-5-6-7-8-9-10-11-12-13-14-15-16-18-28-20-22-30-23-21-29-19-17-26-24(27)31-25(2,3)4;1-11(2,3)17-10(14)12-4-6-15-8-9-16-7-5-13;1-2-14-5-6-16-8-7-15-4-3-12-10(13)9-11;7-1-3-9-5-6-10-4-2-8/h5-23H2,1-4H3,(H,26,27);13H,4-9H2,1-3H3,(H,12,14);2-9H2,1H3,(H,12,13);8H,1-7H2. The summed E-state index contributed by atoms with van der Waals surface area (Å²) in [5, 5.41) is 25.0. The summed E-state index contributed by atoms with van der Waals surface area (Å²) in [7, 11) is 0. The molecule has 0 saturated carbocycles. The molecule has 0 bridgehead atoms. The Morgan fingerprint density at radius 3 is 1.03 bits per heavy atom. The van der Waals surface area contributed by atoms with Gasteiger partial charge in [0.25, 0.3) is 0 Å². The molecule has 0 radical (unpaired) electrons. The van der Waals surface area contributed by atoms with E-state index in [9.17, 15) is 14.4 Å². The largest absolute Gasteiger partial charge is 0.444 e. The van der Waals surface area contributed by atoms with Crippen LogP contribution >= 0.6 is 15.9 Å². The van der Waals surface area contributed by atoms with Crippen LogP contribution in [0.1, 0.15) is 132 Å². The second kappa shape index (κ2) is 65.3. The van der Waals surface area contributed by atoms with E-state index in [0.717, 1.165) is 13.0 Å². The molecule has 0 atom stereocenters. The molecule has 21 nitrogen and oxygen atoms in total. The number of halogens is 1. The molecule has 0 aliphatic carbocycles. The molecule has 0 aliphatic rings. The molecule has 446 valence electrons. The van der Waals surface area contributed by atoms with Crippen molar-refractivity contribution in [3.8, 4) is 0 Å². The first kappa shape index (κ1) is 78.5. The predicted octanol–water partition coefficient (Wildman–Crippen LogP) is 6.34. The van der Waals surface area contributed by atoms with Crippen molar-refractivity contribution in [1.29, 1.82) is 0 Å². The number of rotatable bonds is 48. The molecule has 0 unspecified atom stereocenters. The van der Waals surface area contributed by atoms with Crippen LogP contribution in [0.15, 0.2) is 0 Å². The summed E-state index contributed by atoms with van der Waals surface area (Å²) in [6, 6.07) is 0. The van der Waals surface area contributed by atoms with Gasteiger partial charge in [0.2, 0.25) is 5.91 Å². The van der Waals surface area contributed by atoms with Crippen molar-refractivity contribution >= 4 is 34.0 Å². The normalized spacial score (nSPS) is 11.1. The number of alkyl carbamates (subject to hydrolysis) is 2. The highest BCUT2D eigenvalue weighted by Gasteiger charge is 2.16. The Kier molecular flexibility index (Phi) is 69.2. The number of amides is 3. The summed E-state index contributed by atoms with van der Waals surface area (Å²) < 4.78 is 62.3. The van der Waals surface area contributed by atoms with E-state index in [1.807, 2.05) is 48.5 Å². The number of alkyl halides is 1. The third-order valence-corrected chi connectivity index (χ3v) is 9.34. The Bertz CT molecular complexity index is 1120. The number of aliphatic hydroxyl groups is 2. The first-order valence-corrected chi connectivity index (χ1v) is 28.2. The fourth-order valence-electron chi connectivity index (χ4n) is 5.42. The molecule has 7 N–H and O–H groups in total. The van der Waals surface area contributed by atoms with Crippen molar-refractivity contribution in [3.05, 3.63) is 0 Å². The molecule has 0 aromatic rings. The highest BCUT2D eigenvalue weighted by molar-refractivity contribution is 9.09. The number of aliphatic hydroxyl groups excluding tert-OH is 2. The quantitative estimate of drug-likeness (QED) is 0.0287. The summed E-state index contributed by atoms with van der Waals surface area (Å²) in [6.07, 6.45) is 15.5. The highest BCUT2D eigenvalue weighted by Crippen LogP contribution is 2.12. The number of nitrogens with one attached hydrogen (secondary N) is 3. The van der Waals surface area contributed by atoms with Crippen LogP contribution in [0.25, 0.3) is 0 Å². The molecule has 0 aromatic heterocycles. The third kappa shape index (κ3) is 83.9. The van der Waals surface area contributed by atoms with Crippen LogP contribution in [0, 0.1) is 0 Å². The van der Waals surface area contributed by atoms with E-state index in [1.54, 1.807) is 0 Å². The van der Waals surface area contributed by atoms with Crippen LogP contribution in [-0.4, -0.2) is 216 Å². The maximum absolute atomic E-state index is 11.4. The van der Waals surface area contributed by atoms with Gasteiger partial charge in [0.1, 0.15) is 11.2 Å². The van der Waals surface area contributed by atoms with Gasteiger partial charge in [0.05, 0.1) is 137 Å². The zero-order valence-corrected chi connectivity index (χ0v) is 49.1. The number of hydrogen-bond donors (Lipinski definition) is 6. The number of unbranched alkanes of at least 4 members (excludes halogenated alkanes) is 11. The lowest BCUT2D eigenvalue weighted by atomic mass is 10.1. The Labute approximate surface area is 456 Å². The van der Waals surface area contributed by atoms with Gasteiger partial charge in [-0.15, -0.1) is 0 Å². The molecular formula is C52H109BrN4O17. The lowest BCUT2D eigenvalue weighted by Gasteiger charge is -2.19. The second-order valence-electron chi connectivity index (χ2n) is 18.2. The molecule has 22 heteroatoms. The molecule has 3 amide bonds. The van der Waals surface area contributed by atoms with E-state index in [0.29, 0.717) is 157 Å². The molecule has 0 spiro atoms. The van der Waals surface area contributed by atoms with Crippen molar-refractivity contribution in [1.82, 2.24) is 16.0 Å². The molecule has 0 rings (SSSR count). The summed E-state index contributed by atoms with van der Waals surface area (Å²) in [5.74, 6) is -0.0310. The molecule has 0 aliphatic heterocycles. The first-order chi connectivity index (χ1) is 35.6. The average Bonchev–Trinajstić information content (AvgIpc) is 3.35. The van der Waals surface area contributed by atoms with Gasteiger partial charge < -0.3 is 88.7 Å². The van der Waals surface area contributed by atoms with Crippen LogP contribution in [0.5, 0.6) is 0 Å². The van der Waals surface area contributed by atoms with Gasteiger partial charge in [-0.1, -0.05) is 93.5 Å². The summed E-state index contributed by atoms with van der Waals surface area (Å²) >= 11 is 3.05. The van der Waals surface area contributed by atoms with Crippen LogP contribution in [0.2, 0.25) is 0 Å².